The molecule has 2 aromatic rings. The van der Waals surface area contributed by atoms with E-state index in [0.29, 0.717) is 0 Å². The summed E-state index contributed by atoms with van der Waals surface area (Å²) in [6, 6.07) is 4.11. The summed E-state index contributed by atoms with van der Waals surface area (Å²) in [4.78, 5) is 13.2. The Balaban J connectivity index is 1.71. The van der Waals surface area contributed by atoms with Crippen LogP contribution in [-0.4, -0.2) is 59.5 Å². The Hall–Kier alpha value is -2.66. The summed E-state index contributed by atoms with van der Waals surface area (Å²) in [5, 5.41) is 4.28. The van der Waals surface area contributed by atoms with Crippen LogP contribution >= 0.6 is 0 Å². The zero-order chi connectivity index (χ0) is 23.0. The van der Waals surface area contributed by atoms with Crippen LogP contribution in [-0.2, 0) is 28.0 Å². The first-order chi connectivity index (χ1) is 14.4. The third kappa shape index (κ3) is 4.67. The number of hydrogen-bond acceptors (Lipinski definition) is 4. The largest absolute Gasteiger partial charge is 0.417 e. The van der Waals surface area contributed by atoms with Gasteiger partial charge in [0.1, 0.15) is 0 Å². The number of carbonyl (C=O) groups is 1. The molecule has 168 valence electrons. The molecule has 0 atom stereocenters. The number of hydrogen-bond donors (Lipinski definition) is 0. The molecule has 1 amide bonds. The van der Waals surface area contributed by atoms with Gasteiger partial charge in [0.15, 0.2) is 0 Å². The molecule has 0 spiro atoms. The first-order valence-electron chi connectivity index (χ1n) is 9.56. The summed E-state index contributed by atoms with van der Waals surface area (Å²) in [6.07, 6.45) is -1.71. The van der Waals surface area contributed by atoms with Crippen LogP contribution in [0.25, 0.3) is 6.08 Å². The van der Waals surface area contributed by atoms with Crippen molar-refractivity contribution in [3.05, 3.63) is 52.9 Å². The van der Waals surface area contributed by atoms with Gasteiger partial charge in [0.25, 0.3) is 0 Å². The Morgan fingerprint density at radius 1 is 1.10 bits per heavy atom. The summed E-state index contributed by atoms with van der Waals surface area (Å²) in [5.41, 5.74) is 1.32. The molecule has 0 unspecified atom stereocenters. The van der Waals surface area contributed by atoms with Gasteiger partial charge >= 0.3 is 6.18 Å². The average Bonchev–Trinajstić information content (AvgIpc) is 2.97. The SMILES string of the molecule is Cc1nn(C)c(C)c1C=CC(=O)N1CCN(S(=O)(=O)c2ccccc2C(F)(F)F)CC1. The maximum Gasteiger partial charge on any atom is 0.417 e. The highest BCUT2D eigenvalue weighted by molar-refractivity contribution is 7.89. The number of halogens is 3. The van der Waals surface area contributed by atoms with E-state index in [0.717, 1.165) is 39.5 Å². The fourth-order valence-electron chi connectivity index (χ4n) is 3.50. The molecule has 0 aliphatic carbocycles. The van der Waals surface area contributed by atoms with E-state index in [9.17, 15) is 26.4 Å². The van der Waals surface area contributed by atoms with Crippen molar-refractivity contribution in [2.45, 2.75) is 24.9 Å². The van der Waals surface area contributed by atoms with Gasteiger partial charge in [-0.1, -0.05) is 12.1 Å². The minimum atomic E-state index is -4.78. The maximum atomic E-state index is 13.2. The second kappa shape index (κ2) is 8.46. The fourth-order valence-corrected chi connectivity index (χ4v) is 5.14. The van der Waals surface area contributed by atoms with Gasteiger partial charge in [0, 0.05) is 50.6 Å². The summed E-state index contributed by atoms with van der Waals surface area (Å²) in [7, 11) is -2.54. The lowest BCUT2D eigenvalue weighted by atomic mass is 10.2. The van der Waals surface area contributed by atoms with Crippen LogP contribution in [0.1, 0.15) is 22.5 Å². The topological polar surface area (TPSA) is 75.5 Å². The molecular formula is C20H23F3N4O3S. The van der Waals surface area contributed by atoms with E-state index in [1.165, 1.54) is 17.0 Å². The third-order valence-electron chi connectivity index (χ3n) is 5.32. The van der Waals surface area contributed by atoms with Crippen LogP contribution in [0.5, 0.6) is 0 Å². The van der Waals surface area contributed by atoms with Gasteiger partial charge in [-0.3, -0.25) is 9.48 Å². The molecule has 1 aromatic carbocycles. The van der Waals surface area contributed by atoms with Crippen LogP contribution in [0.15, 0.2) is 35.2 Å². The minimum Gasteiger partial charge on any atom is -0.337 e. The molecule has 11 heteroatoms. The zero-order valence-corrected chi connectivity index (χ0v) is 18.2. The summed E-state index contributed by atoms with van der Waals surface area (Å²) >= 11 is 0. The smallest absolute Gasteiger partial charge is 0.337 e. The third-order valence-corrected chi connectivity index (χ3v) is 7.27. The molecule has 1 aliphatic heterocycles. The monoisotopic (exact) mass is 456 g/mol. The molecule has 31 heavy (non-hydrogen) atoms. The molecule has 1 saturated heterocycles. The van der Waals surface area contributed by atoms with Crippen molar-refractivity contribution in [2.24, 2.45) is 7.05 Å². The van der Waals surface area contributed by atoms with Crippen molar-refractivity contribution in [3.8, 4) is 0 Å². The normalized spacial score (nSPS) is 16.3. The van der Waals surface area contributed by atoms with Gasteiger partial charge in [-0.05, 0) is 32.1 Å². The van der Waals surface area contributed by atoms with E-state index in [2.05, 4.69) is 5.10 Å². The van der Waals surface area contributed by atoms with Crippen molar-refractivity contribution in [1.29, 1.82) is 0 Å². The second-order valence-corrected chi connectivity index (χ2v) is 9.17. The van der Waals surface area contributed by atoms with Crippen molar-refractivity contribution in [1.82, 2.24) is 19.0 Å². The first-order valence-corrected chi connectivity index (χ1v) is 11.0. The van der Waals surface area contributed by atoms with Crippen molar-refractivity contribution >= 4 is 22.0 Å². The lowest BCUT2D eigenvalue weighted by Crippen LogP contribution is -2.50. The second-order valence-electron chi connectivity index (χ2n) is 7.26. The number of rotatable bonds is 4. The number of aryl methyl sites for hydroxylation is 2. The van der Waals surface area contributed by atoms with E-state index < -0.39 is 26.7 Å². The molecule has 1 aromatic heterocycles. The molecular weight excluding hydrogens is 433 g/mol. The van der Waals surface area contributed by atoms with Crippen molar-refractivity contribution in [3.63, 3.8) is 0 Å². The Kier molecular flexibility index (Phi) is 6.28. The molecule has 0 bridgehead atoms. The van der Waals surface area contributed by atoms with Crippen LogP contribution < -0.4 is 0 Å². The van der Waals surface area contributed by atoms with Gasteiger partial charge in [0.2, 0.25) is 15.9 Å². The average molecular weight is 456 g/mol. The molecule has 2 heterocycles. The molecule has 7 nitrogen and oxygen atoms in total. The van der Waals surface area contributed by atoms with E-state index in [-0.39, 0.29) is 32.1 Å². The number of amides is 1. The van der Waals surface area contributed by atoms with Crippen LogP contribution in [0.4, 0.5) is 13.2 Å². The fraction of sp³-hybridized carbons (Fsp3) is 0.400. The predicted molar refractivity (Wildman–Crippen MR) is 108 cm³/mol. The molecule has 1 aliphatic rings. The summed E-state index contributed by atoms with van der Waals surface area (Å²) in [5.74, 6) is -0.296. The number of carbonyl (C=O) groups excluding carboxylic acids is 1. The highest BCUT2D eigenvalue weighted by atomic mass is 32.2. The van der Waals surface area contributed by atoms with E-state index in [4.69, 9.17) is 0 Å². The van der Waals surface area contributed by atoms with Gasteiger partial charge in [-0.15, -0.1) is 0 Å². The van der Waals surface area contributed by atoms with Gasteiger partial charge in [0.05, 0.1) is 16.2 Å². The van der Waals surface area contributed by atoms with Crippen LogP contribution in [0, 0.1) is 13.8 Å². The number of nitrogens with zero attached hydrogens (tertiary/aromatic N) is 4. The minimum absolute atomic E-state index is 0.0843. The predicted octanol–water partition coefficient (Wildman–Crippen LogP) is 2.60. The Morgan fingerprint density at radius 3 is 2.26 bits per heavy atom. The van der Waals surface area contributed by atoms with E-state index in [1.807, 2.05) is 13.8 Å². The van der Waals surface area contributed by atoms with E-state index in [1.54, 1.807) is 17.8 Å². The van der Waals surface area contributed by atoms with Crippen LogP contribution in [0.2, 0.25) is 0 Å². The summed E-state index contributed by atoms with van der Waals surface area (Å²) < 4.78 is 68.1. The number of aromatic nitrogens is 2. The van der Waals surface area contributed by atoms with Crippen LogP contribution in [0.3, 0.4) is 0 Å². The highest BCUT2D eigenvalue weighted by Crippen LogP contribution is 2.35. The quantitative estimate of drug-likeness (QED) is 0.663. The Morgan fingerprint density at radius 2 is 1.71 bits per heavy atom. The number of alkyl halides is 3. The lowest BCUT2D eigenvalue weighted by Gasteiger charge is -2.33. The number of benzene rings is 1. The van der Waals surface area contributed by atoms with Gasteiger partial charge in [-0.25, -0.2) is 8.42 Å². The van der Waals surface area contributed by atoms with Crippen molar-refractivity contribution < 1.29 is 26.4 Å². The van der Waals surface area contributed by atoms with Gasteiger partial charge in [-0.2, -0.15) is 22.6 Å². The molecule has 3 rings (SSSR count). The standard InChI is InChI=1S/C20H23F3N4O3S/c1-14-16(15(2)25(3)24-14)8-9-19(28)26-10-12-27(13-11-26)31(29,30)18-7-5-4-6-17(18)20(21,22)23/h4-9H,10-13H2,1-3H3. The summed E-state index contributed by atoms with van der Waals surface area (Å²) in [6.45, 7) is 3.72. The first kappa shape index (κ1) is 23.0. The Labute approximate surface area is 178 Å². The maximum absolute atomic E-state index is 13.2. The number of piperazine rings is 1. The Bertz CT molecular complexity index is 1120. The molecule has 0 N–H and O–H groups in total. The molecule has 0 saturated carbocycles. The highest BCUT2D eigenvalue weighted by Gasteiger charge is 2.39. The molecule has 0 radical (unpaired) electrons. The van der Waals surface area contributed by atoms with Crippen molar-refractivity contribution in [2.75, 3.05) is 26.2 Å². The number of sulfonamides is 1. The zero-order valence-electron chi connectivity index (χ0n) is 17.3. The lowest BCUT2D eigenvalue weighted by molar-refractivity contribution is -0.139. The van der Waals surface area contributed by atoms with Gasteiger partial charge < -0.3 is 4.90 Å². The van der Waals surface area contributed by atoms with E-state index >= 15 is 0 Å². The molecule has 1 fully saturated rings.